The third-order valence-corrected chi connectivity index (χ3v) is 4.80. The lowest BCUT2D eigenvalue weighted by Gasteiger charge is -2.16. The Hall–Kier alpha value is -2.42. The summed E-state index contributed by atoms with van der Waals surface area (Å²) in [5.74, 6) is 1.94. The lowest BCUT2D eigenvalue weighted by molar-refractivity contribution is 0.459. The van der Waals surface area contributed by atoms with Gasteiger partial charge < -0.3 is 4.74 Å². The molecule has 0 aliphatic carbocycles. The third-order valence-electron chi connectivity index (χ3n) is 4.80. The second-order valence-electron chi connectivity index (χ2n) is 7.00. The van der Waals surface area contributed by atoms with Gasteiger partial charge in [0.15, 0.2) is 0 Å². The number of fused-ring (bicyclic) bond motifs is 1. The molecular formula is C22H26N2O. The molecule has 0 amide bonds. The van der Waals surface area contributed by atoms with E-state index >= 15 is 0 Å². The Kier molecular flexibility index (Phi) is 4.76. The summed E-state index contributed by atoms with van der Waals surface area (Å²) < 4.78 is 6.28. The molecular weight excluding hydrogens is 308 g/mol. The number of hydrogen-bond donors (Lipinski definition) is 0. The Morgan fingerprint density at radius 2 is 1.72 bits per heavy atom. The number of hydrogen-bond acceptors (Lipinski definition) is 3. The van der Waals surface area contributed by atoms with Crippen LogP contribution in [0.4, 0.5) is 0 Å². The molecule has 3 aromatic rings. The smallest absolute Gasteiger partial charge is 0.246 e. The SMILES string of the molecule is CCC(C)c1ccnc2c(Oc3c(C)cc(C)cc3C)nc(C)cc12. The van der Waals surface area contributed by atoms with Gasteiger partial charge in [-0.1, -0.05) is 31.5 Å². The average molecular weight is 334 g/mol. The lowest BCUT2D eigenvalue weighted by Crippen LogP contribution is -2.00. The lowest BCUT2D eigenvalue weighted by atomic mass is 9.95. The van der Waals surface area contributed by atoms with Crippen molar-refractivity contribution in [3.8, 4) is 11.6 Å². The minimum Gasteiger partial charge on any atom is -0.436 e. The van der Waals surface area contributed by atoms with E-state index in [4.69, 9.17) is 4.74 Å². The van der Waals surface area contributed by atoms with Crippen LogP contribution in [0.5, 0.6) is 11.6 Å². The Labute approximate surface area is 150 Å². The van der Waals surface area contributed by atoms with Crippen molar-refractivity contribution in [2.75, 3.05) is 0 Å². The van der Waals surface area contributed by atoms with E-state index in [2.05, 4.69) is 68.9 Å². The molecule has 0 fully saturated rings. The van der Waals surface area contributed by atoms with Gasteiger partial charge >= 0.3 is 0 Å². The summed E-state index contributed by atoms with van der Waals surface area (Å²) in [4.78, 5) is 9.23. The van der Waals surface area contributed by atoms with Crippen molar-refractivity contribution in [1.29, 1.82) is 0 Å². The van der Waals surface area contributed by atoms with Crippen molar-refractivity contribution in [2.24, 2.45) is 0 Å². The maximum Gasteiger partial charge on any atom is 0.246 e. The Morgan fingerprint density at radius 3 is 2.36 bits per heavy atom. The van der Waals surface area contributed by atoms with Crippen LogP contribution in [-0.4, -0.2) is 9.97 Å². The summed E-state index contributed by atoms with van der Waals surface area (Å²) in [5.41, 5.74) is 6.56. The molecule has 0 bridgehead atoms. The van der Waals surface area contributed by atoms with Gasteiger partial charge in [-0.3, -0.25) is 4.98 Å². The average Bonchev–Trinajstić information content (AvgIpc) is 2.56. The molecule has 0 saturated carbocycles. The molecule has 130 valence electrons. The van der Waals surface area contributed by atoms with E-state index in [-0.39, 0.29) is 0 Å². The van der Waals surface area contributed by atoms with Gasteiger partial charge in [0, 0.05) is 17.3 Å². The number of ether oxygens (including phenoxy) is 1. The molecule has 0 N–H and O–H groups in total. The highest BCUT2D eigenvalue weighted by atomic mass is 16.5. The van der Waals surface area contributed by atoms with E-state index in [1.54, 1.807) is 0 Å². The van der Waals surface area contributed by atoms with Gasteiger partial charge in [-0.05, 0) is 68.9 Å². The molecule has 0 saturated heterocycles. The Balaban J connectivity index is 2.18. The molecule has 0 aliphatic rings. The molecule has 1 aromatic carbocycles. The fourth-order valence-corrected chi connectivity index (χ4v) is 3.41. The van der Waals surface area contributed by atoms with Crippen LogP contribution in [0.15, 0.2) is 30.5 Å². The van der Waals surface area contributed by atoms with Crippen molar-refractivity contribution >= 4 is 10.9 Å². The van der Waals surface area contributed by atoms with Gasteiger partial charge in [-0.15, -0.1) is 0 Å². The van der Waals surface area contributed by atoms with Crippen LogP contribution < -0.4 is 4.74 Å². The molecule has 0 aliphatic heterocycles. The van der Waals surface area contributed by atoms with Gasteiger partial charge in [0.25, 0.3) is 0 Å². The van der Waals surface area contributed by atoms with Crippen molar-refractivity contribution in [3.05, 3.63) is 58.4 Å². The van der Waals surface area contributed by atoms with Crippen LogP contribution in [0, 0.1) is 27.7 Å². The van der Waals surface area contributed by atoms with Gasteiger partial charge in [0.05, 0.1) is 0 Å². The van der Waals surface area contributed by atoms with Crippen LogP contribution in [0.25, 0.3) is 10.9 Å². The van der Waals surface area contributed by atoms with Crippen LogP contribution in [0.1, 0.15) is 54.1 Å². The summed E-state index contributed by atoms with van der Waals surface area (Å²) in [7, 11) is 0. The number of pyridine rings is 2. The van der Waals surface area contributed by atoms with Crippen LogP contribution >= 0.6 is 0 Å². The maximum atomic E-state index is 6.28. The normalized spacial score (nSPS) is 12.4. The Bertz CT molecular complexity index is 908. The number of rotatable bonds is 4. The summed E-state index contributed by atoms with van der Waals surface area (Å²) in [5, 5.41) is 1.14. The van der Waals surface area contributed by atoms with Crippen molar-refractivity contribution < 1.29 is 4.74 Å². The minimum absolute atomic E-state index is 0.475. The third kappa shape index (κ3) is 3.37. The number of nitrogens with zero attached hydrogens (tertiary/aromatic N) is 2. The molecule has 3 nitrogen and oxygen atoms in total. The second kappa shape index (κ2) is 6.83. The predicted octanol–water partition coefficient (Wildman–Crippen LogP) is 6.17. The molecule has 2 aromatic heterocycles. The van der Waals surface area contributed by atoms with E-state index in [0.717, 1.165) is 39.9 Å². The first-order chi connectivity index (χ1) is 11.9. The topological polar surface area (TPSA) is 35.0 Å². The first-order valence-electron chi connectivity index (χ1n) is 8.92. The largest absolute Gasteiger partial charge is 0.436 e. The number of benzene rings is 1. The molecule has 3 rings (SSSR count). The quantitative estimate of drug-likeness (QED) is 0.572. The predicted molar refractivity (Wildman–Crippen MR) is 104 cm³/mol. The van der Waals surface area contributed by atoms with Crippen molar-refractivity contribution in [2.45, 2.75) is 53.9 Å². The van der Waals surface area contributed by atoms with Gasteiger partial charge in [-0.25, -0.2) is 4.98 Å². The zero-order chi connectivity index (χ0) is 18.1. The van der Waals surface area contributed by atoms with Crippen molar-refractivity contribution in [3.63, 3.8) is 0 Å². The van der Waals surface area contributed by atoms with Crippen LogP contribution in [-0.2, 0) is 0 Å². The zero-order valence-electron chi connectivity index (χ0n) is 16.0. The van der Waals surface area contributed by atoms with Crippen LogP contribution in [0.3, 0.4) is 0 Å². The minimum atomic E-state index is 0.475. The highest BCUT2D eigenvalue weighted by Crippen LogP contribution is 2.35. The van der Waals surface area contributed by atoms with E-state index in [1.165, 1.54) is 11.1 Å². The fourth-order valence-electron chi connectivity index (χ4n) is 3.41. The van der Waals surface area contributed by atoms with Crippen molar-refractivity contribution in [1.82, 2.24) is 9.97 Å². The van der Waals surface area contributed by atoms with Gasteiger partial charge in [0.2, 0.25) is 5.88 Å². The number of aromatic nitrogens is 2. The maximum absolute atomic E-state index is 6.28. The second-order valence-corrected chi connectivity index (χ2v) is 7.00. The van der Waals surface area contributed by atoms with E-state index in [1.807, 2.05) is 13.1 Å². The molecule has 1 atom stereocenters. The van der Waals surface area contributed by atoms with Gasteiger partial charge in [0.1, 0.15) is 11.3 Å². The number of aryl methyl sites for hydroxylation is 4. The van der Waals surface area contributed by atoms with E-state index < -0.39 is 0 Å². The molecule has 0 spiro atoms. The Morgan fingerprint density at radius 1 is 1.04 bits per heavy atom. The monoisotopic (exact) mass is 334 g/mol. The highest BCUT2D eigenvalue weighted by Gasteiger charge is 2.16. The standard InChI is InChI=1S/C22H26N2O/c1-7-14(3)18-8-9-23-20-19(18)12-17(6)24-22(20)25-21-15(4)10-13(2)11-16(21)5/h8-12,14H,7H2,1-6H3. The first-order valence-corrected chi connectivity index (χ1v) is 8.92. The van der Waals surface area contributed by atoms with Gasteiger partial charge in [-0.2, -0.15) is 0 Å². The molecule has 2 heterocycles. The molecule has 25 heavy (non-hydrogen) atoms. The molecule has 3 heteroatoms. The van der Waals surface area contributed by atoms with Crippen LogP contribution in [0.2, 0.25) is 0 Å². The summed E-state index contributed by atoms with van der Waals surface area (Å²) in [6.07, 6.45) is 2.95. The fraction of sp³-hybridized carbons (Fsp3) is 0.364. The highest BCUT2D eigenvalue weighted by molar-refractivity contribution is 5.87. The molecule has 1 unspecified atom stereocenters. The summed E-state index contributed by atoms with van der Waals surface area (Å²) >= 11 is 0. The van der Waals surface area contributed by atoms with E-state index in [0.29, 0.717) is 11.8 Å². The molecule has 0 radical (unpaired) electrons. The first kappa shape index (κ1) is 17.4. The van der Waals surface area contributed by atoms with E-state index in [9.17, 15) is 0 Å². The zero-order valence-corrected chi connectivity index (χ0v) is 16.0. The summed E-state index contributed by atoms with van der Waals surface area (Å²) in [6, 6.07) is 8.50. The summed E-state index contributed by atoms with van der Waals surface area (Å²) in [6.45, 7) is 12.7.